The number of hydrogen-bond acceptors (Lipinski definition) is 5. The summed E-state index contributed by atoms with van der Waals surface area (Å²) in [6.45, 7) is 5.14. The van der Waals surface area contributed by atoms with Gasteiger partial charge in [-0.05, 0) is 27.2 Å². The van der Waals surface area contributed by atoms with Crippen LogP contribution in [0.3, 0.4) is 0 Å². The smallest absolute Gasteiger partial charge is 0.410 e. The van der Waals surface area contributed by atoms with E-state index in [1.54, 1.807) is 20.8 Å². The standard InChI is InChI=1S/C11H20FNO5S/c1-11(2,3)17-10(14)13-6-5-9(8(12)7-13)18-19(4,15)16/h8-9H,5-7H2,1-4H3/t8-,9?/m1/s1. The van der Waals surface area contributed by atoms with E-state index in [1.807, 2.05) is 0 Å². The van der Waals surface area contributed by atoms with Gasteiger partial charge in [-0.1, -0.05) is 0 Å². The molecule has 0 bridgehead atoms. The Labute approximate surface area is 113 Å². The molecule has 1 aliphatic heterocycles. The number of piperidine rings is 1. The minimum absolute atomic E-state index is 0.119. The van der Waals surface area contributed by atoms with Crippen LogP contribution in [0.1, 0.15) is 27.2 Å². The van der Waals surface area contributed by atoms with E-state index in [4.69, 9.17) is 4.74 Å². The summed E-state index contributed by atoms with van der Waals surface area (Å²) in [5, 5.41) is 0. The zero-order valence-corrected chi connectivity index (χ0v) is 12.4. The van der Waals surface area contributed by atoms with Crippen LogP contribution in [0.15, 0.2) is 0 Å². The molecule has 1 amide bonds. The molecular weight excluding hydrogens is 277 g/mol. The van der Waals surface area contributed by atoms with Crippen molar-refractivity contribution in [1.29, 1.82) is 0 Å². The molecule has 0 aliphatic carbocycles. The van der Waals surface area contributed by atoms with Crippen LogP contribution in [0.2, 0.25) is 0 Å². The Hall–Kier alpha value is -0.890. The molecule has 0 aromatic rings. The molecule has 0 aromatic heterocycles. The third kappa shape index (κ3) is 5.73. The monoisotopic (exact) mass is 297 g/mol. The van der Waals surface area contributed by atoms with Gasteiger partial charge in [0.2, 0.25) is 0 Å². The number of alkyl halides is 1. The highest BCUT2D eigenvalue weighted by molar-refractivity contribution is 7.86. The number of amides is 1. The lowest BCUT2D eigenvalue weighted by Gasteiger charge is -2.34. The molecule has 0 saturated carbocycles. The van der Waals surface area contributed by atoms with E-state index >= 15 is 0 Å². The van der Waals surface area contributed by atoms with Crippen molar-refractivity contribution in [2.45, 2.75) is 45.1 Å². The fourth-order valence-electron chi connectivity index (χ4n) is 1.71. The summed E-state index contributed by atoms with van der Waals surface area (Å²) in [6.07, 6.45) is -2.19. The summed E-state index contributed by atoms with van der Waals surface area (Å²) in [6, 6.07) is 0. The molecule has 19 heavy (non-hydrogen) atoms. The van der Waals surface area contributed by atoms with Crippen molar-refractivity contribution in [1.82, 2.24) is 4.90 Å². The number of halogens is 1. The van der Waals surface area contributed by atoms with E-state index in [9.17, 15) is 17.6 Å². The van der Waals surface area contributed by atoms with E-state index < -0.39 is 34.1 Å². The third-order valence-electron chi connectivity index (χ3n) is 2.43. The number of ether oxygens (including phenoxy) is 1. The summed E-state index contributed by atoms with van der Waals surface area (Å²) in [5.41, 5.74) is -0.650. The van der Waals surface area contributed by atoms with Gasteiger partial charge >= 0.3 is 6.09 Å². The number of carbonyl (C=O) groups is 1. The van der Waals surface area contributed by atoms with Crippen molar-refractivity contribution < 1.29 is 26.5 Å². The minimum Gasteiger partial charge on any atom is -0.444 e. The predicted molar refractivity (Wildman–Crippen MR) is 67.0 cm³/mol. The van der Waals surface area contributed by atoms with Crippen LogP contribution in [0.4, 0.5) is 9.18 Å². The Morgan fingerprint density at radius 3 is 2.37 bits per heavy atom. The van der Waals surface area contributed by atoms with Crippen molar-refractivity contribution >= 4 is 16.2 Å². The van der Waals surface area contributed by atoms with Crippen LogP contribution >= 0.6 is 0 Å². The fraction of sp³-hybridized carbons (Fsp3) is 0.909. The Balaban J connectivity index is 2.56. The molecule has 1 fully saturated rings. The maximum Gasteiger partial charge on any atom is 0.410 e. The lowest BCUT2D eigenvalue weighted by Crippen LogP contribution is -2.49. The van der Waals surface area contributed by atoms with Crippen LogP contribution in [0, 0.1) is 0 Å². The molecule has 0 radical (unpaired) electrons. The first-order valence-corrected chi connectivity index (χ1v) is 7.80. The zero-order valence-electron chi connectivity index (χ0n) is 11.6. The summed E-state index contributed by atoms with van der Waals surface area (Å²) in [7, 11) is -3.70. The van der Waals surface area contributed by atoms with E-state index in [2.05, 4.69) is 4.18 Å². The average molecular weight is 297 g/mol. The normalized spacial score (nSPS) is 25.2. The Morgan fingerprint density at radius 2 is 1.95 bits per heavy atom. The van der Waals surface area contributed by atoms with Crippen LogP contribution in [-0.4, -0.2) is 56.6 Å². The van der Waals surface area contributed by atoms with Crippen molar-refractivity contribution in [3.8, 4) is 0 Å². The Kier molecular flexibility index (Phi) is 4.78. The highest BCUT2D eigenvalue weighted by atomic mass is 32.2. The molecular formula is C11H20FNO5S. The summed E-state index contributed by atoms with van der Waals surface area (Å²) in [5.74, 6) is 0. The van der Waals surface area contributed by atoms with Gasteiger partial charge in [-0.15, -0.1) is 0 Å². The lowest BCUT2D eigenvalue weighted by atomic mass is 10.1. The second-order valence-electron chi connectivity index (χ2n) is 5.57. The van der Waals surface area contributed by atoms with Gasteiger partial charge in [0.15, 0.2) is 0 Å². The van der Waals surface area contributed by atoms with E-state index in [1.165, 1.54) is 4.90 Å². The van der Waals surface area contributed by atoms with Gasteiger partial charge in [0.05, 0.1) is 12.8 Å². The second kappa shape index (κ2) is 5.62. The summed E-state index contributed by atoms with van der Waals surface area (Å²) >= 11 is 0. The van der Waals surface area contributed by atoms with Crippen LogP contribution in [0.25, 0.3) is 0 Å². The van der Waals surface area contributed by atoms with E-state index in [0.29, 0.717) is 0 Å². The molecule has 1 saturated heterocycles. The van der Waals surface area contributed by atoms with Gasteiger partial charge in [0.1, 0.15) is 17.9 Å². The predicted octanol–water partition coefficient (Wildman–Crippen LogP) is 1.31. The molecule has 1 unspecified atom stereocenters. The number of carbonyl (C=O) groups excluding carboxylic acids is 1. The van der Waals surface area contributed by atoms with Crippen LogP contribution < -0.4 is 0 Å². The maximum atomic E-state index is 13.8. The van der Waals surface area contributed by atoms with E-state index in [0.717, 1.165) is 6.26 Å². The molecule has 8 heteroatoms. The number of hydrogen-bond donors (Lipinski definition) is 0. The highest BCUT2D eigenvalue weighted by Crippen LogP contribution is 2.21. The average Bonchev–Trinajstić information content (AvgIpc) is 2.16. The van der Waals surface area contributed by atoms with Gasteiger partial charge in [0, 0.05) is 6.54 Å². The highest BCUT2D eigenvalue weighted by Gasteiger charge is 2.35. The fourth-order valence-corrected chi connectivity index (χ4v) is 2.37. The molecule has 1 heterocycles. The first-order valence-electron chi connectivity index (χ1n) is 5.98. The minimum atomic E-state index is -3.70. The van der Waals surface area contributed by atoms with Gasteiger partial charge < -0.3 is 9.64 Å². The van der Waals surface area contributed by atoms with Crippen molar-refractivity contribution in [2.75, 3.05) is 19.3 Å². The molecule has 0 spiro atoms. The third-order valence-corrected chi connectivity index (χ3v) is 3.03. The van der Waals surface area contributed by atoms with E-state index in [-0.39, 0.29) is 19.5 Å². The van der Waals surface area contributed by atoms with Crippen molar-refractivity contribution in [3.05, 3.63) is 0 Å². The zero-order chi connectivity index (χ0) is 14.8. The van der Waals surface area contributed by atoms with Crippen molar-refractivity contribution in [2.24, 2.45) is 0 Å². The molecule has 1 rings (SSSR count). The van der Waals surface area contributed by atoms with Crippen molar-refractivity contribution in [3.63, 3.8) is 0 Å². The van der Waals surface area contributed by atoms with Crippen LogP contribution in [0.5, 0.6) is 0 Å². The number of likely N-dealkylation sites (tertiary alicyclic amines) is 1. The summed E-state index contributed by atoms with van der Waals surface area (Å²) < 4.78 is 45.5. The first-order chi connectivity index (χ1) is 8.48. The molecule has 6 nitrogen and oxygen atoms in total. The van der Waals surface area contributed by atoms with Gasteiger partial charge in [-0.3, -0.25) is 4.18 Å². The van der Waals surface area contributed by atoms with Crippen LogP contribution in [-0.2, 0) is 19.0 Å². The first kappa shape index (κ1) is 16.2. The number of rotatable bonds is 2. The van der Waals surface area contributed by atoms with Gasteiger partial charge in [-0.25, -0.2) is 9.18 Å². The Morgan fingerprint density at radius 1 is 1.37 bits per heavy atom. The quantitative estimate of drug-likeness (QED) is 0.719. The largest absolute Gasteiger partial charge is 0.444 e. The molecule has 1 aliphatic rings. The lowest BCUT2D eigenvalue weighted by molar-refractivity contribution is -0.00872. The van der Waals surface area contributed by atoms with Gasteiger partial charge in [0.25, 0.3) is 10.1 Å². The Bertz CT molecular complexity index is 431. The number of nitrogens with zero attached hydrogens (tertiary/aromatic N) is 1. The molecule has 112 valence electrons. The van der Waals surface area contributed by atoms with Gasteiger partial charge in [-0.2, -0.15) is 8.42 Å². The molecule has 2 atom stereocenters. The molecule has 0 N–H and O–H groups in total. The maximum absolute atomic E-state index is 13.8. The second-order valence-corrected chi connectivity index (χ2v) is 7.17. The SMILES string of the molecule is CC(C)(C)OC(=O)N1CCC(OS(C)(=O)=O)[C@H](F)C1. The molecule has 0 aromatic carbocycles. The topological polar surface area (TPSA) is 72.9 Å². The summed E-state index contributed by atoms with van der Waals surface area (Å²) in [4.78, 5) is 12.9.